The molecule has 1 aromatic carbocycles. The van der Waals surface area contributed by atoms with Gasteiger partial charge in [0.25, 0.3) is 0 Å². The molecule has 14 heavy (non-hydrogen) atoms. The second-order valence-corrected chi connectivity index (χ2v) is 4.18. The van der Waals surface area contributed by atoms with Crippen LogP contribution in [0.3, 0.4) is 0 Å². The molecule has 0 radical (unpaired) electrons. The zero-order chi connectivity index (χ0) is 10.6. The molecule has 0 heterocycles. The van der Waals surface area contributed by atoms with Crippen LogP contribution in [0, 0.1) is 6.92 Å². The Morgan fingerprint density at radius 1 is 1.43 bits per heavy atom. The predicted octanol–water partition coefficient (Wildman–Crippen LogP) is 2.54. The summed E-state index contributed by atoms with van der Waals surface area (Å²) in [7, 11) is 0. The summed E-state index contributed by atoms with van der Waals surface area (Å²) >= 11 is 3.58. The number of hydrogen-bond acceptors (Lipinski definition) is 2. The van der Waals surface area contributed by atoms with Crippen LogP contribution < -0.4 is 10.6 Å². The van der Waals surface area contributed by atoms with Gasteiger partial charge in [0.15, 0.2) is 0 Å². The molecule has 1 rings (SSSR count). The number of anilines is 1. The summed E-state index contributed by atoms with van der Waals surface area (Å²) in [6.07, 6.45) is 0. The quantitative estimate of drug-likeness (QED) is 0.898. The van der Waals surface area contributed by atoms with E-state index in [-0.39, 0.29) is 0 Å². The van der Waals surface area contributed by atoms with Crippen LogP contribution in [0.15, 0.2) is 22.7 Å². The van der Waals surface area contributed by atoms with Crippen LogP contribution in [0.2, 0.25) is 0 Å². The summed E-state index contributed by atoms with van der Waals surface area (Å²) in [5.41, 5.74) is 8.06. The first-order chi connectivity index (χ1) is 6.69. The molecule has 0 aromatic heterocycles. The highest BCUT2D eigenvalue weighted by Crippen LogP contribution is 2.26. The SMILES string of the molecule is CCN(CCN)c1ccc(C)cc1Br. The Hall–Kier alpha value is -0.540. The van der Waals surface area contributed by atoms with Crippen LogP contribution >= 0.6 is 15.9 Å². The zero-order valence-corrected chi connectivity index (χ0v) is 10.3. The Kier molecular flexibility index (Phi) is 4.42. The number of benzene rings is 1. The van der Waals surface area contributed by atoms with Gasteiger partial charge in [0, 0.05) is 24.1 Å². The number of hydrogen-bond donors (Lipinski definition) is 1. The highest BCUT2D eigenvalue weighted by Gasteiger charge is 2.06. The van der Waals surface area contributed by atoms with E-state index in [0.717, 1.165) is 17.6 Å². The van der Waals surface area contributed by atoms with Crippen molar-refractivity contribution in [3.8, 4) is 0 Å². The molecule has 0 amide bonds. The lowest BCUT2D eigenvalue weighted by atomic mass is 10.2. The molecule has 0 saturated carbocycles. The first-order valence-corrected chi connectivity index (χ1v) is 5.69. The molecule has 0 aliphatic heterocycles. The van der Waals surface area contributed by atoms with E-state index in [4.69, 9.17) is 5.73 Å². The van der Waals surface area contributed by atoms with Crippen molar-refractivity contribution in [1.82, 2.24) is 0 Å². The third kappa shape index (κ3) is 2.72. The highest BCUT2D eigenvalue weighted by molar-refractivity contribution is 9.10. The molecular formula is C11H17BrN2. The van der Waals surface area contributed by atoms with Gasteiger partial charge in [-0.1, -0.05) is 6.07 Å². The smallest absolute Gasteiger partial charge is 0.0511 e. The molecular weight excluding hydrogens is 240 g/mol. The maximum absolute atomic E-state index is 5.57. The largest absolute Gasteiger partial charge is 0.370 e. The minimum absolute atomic E-state index is 0.689. The van der Waals surface area contributed by atoms with Gasteiger partial charge in [-0.3, -0.25) is 0 Å². The molecule has 3 heteroatoms. The van der Waals surface area contributed by atoms with Crippen molar-refractivity contribution >= 4 is 21.6 Å². The summed E-state index contributed by atoms with van der Waals surface area (Å²) in [5, 5.41) is 0. The molecule has 0 fully saturated rings. The molecule has 0 saturated heterocycles. The minimum atomic E-state index is 0.689. The number of nitrogens with two attached hydrogens (primary N) is 1. The van der Waals surface area contributed by atoms with E-state index in [2.05, 4.69) is 52.9 Å². The highest BCUT2D eigenvalue weighted by atomic mass is 79.9. The molecule has 0 bridgehead atoms. The van der Waals surface area contributed by atoms with Crippen molar-refractivity contribution in [3.63, 3.8) is 0 Å². The maximum Gasteiger partial charge on any atom is 0.0511 e. The van der Waals surface area contributed by atoms with Crippen LogP contribution in [-0.4, -0.2) is 19.6 Å². The Morgan fingerprint density at radius 2 is 2.14 bits per heavy atom. The van der Waals surface area contributed by atoms with E-state index < -0.39 is 0 Å². The summed E-state index contributed by atoms with van der Waals surface area (Å²) in [6, 6.07) is 6.40. The lowest BCUT2D eigenvalue weighted by Crippen LogP contribution is -2.29. The topological polar surface area (TPSA) is 29.3 Å². The summed E-state index contributed by atoms with van der Waals surface area (Å²) < 4.78 is 1.15. The Labute approximate surface area is 94.2 Å². The van der Waals surface area contributed by atoms with Gasteiger partial charge in [-0.2, -0.15) is 0 Å². The van der Waals surface area contributed by atoms with Crippen LogP contribution in [0.4, 0.5) is 5.69 Å². The van der Waals surface area contributed by atoms with E-state index >= 15 is 0 Å². The van der Waals surface area contributed by atoms with Crippen LogP contribution in [-0.2, 0) is 0 Å². The lowest BCUT2D eigenvalue weighted by molar-refractivity contribution is 0.815. The fraction of sp³-hybridized carbons (Fsp3) is 0.455. The van der Waals surface area contributed by atoms with Gasteiger partial charge >= 0.3 is 0 Å². The number of likely N-dealkylation sites (N-methyl/N-ethyl adjacent to an activating group) is 1. The normalized spacial score (nSPS) is 10.3. The van der Waals surface area contributed by atoms with Crippen molar-refractivity contribution < 1.29 is 0 Å². The van der Waals surface area contributed by atoms with E-state index in [1.54, 1.807) is 0 Å². The monoisotopic (exact) mass is 256 g/mol. The summed E-state index contributed by atoms with van der Waals surface area (Å²) in [6.45, 7) is 6.81. The number of halogens is 1. The van der Waals surface area contributed by atoms with E-state index in [1.807, 2.05) is 0 Å². The second-order valence-electron chi connectivity index (χ2n) is 3.32. The number of nitrogens with zero attached hydrogens (tertiary/aromatic N) is 1. The van der Waals surface area contributed by atoms with E-state index in [0.29, 0.717) is 6.54 Å². The standard InChI is InChI=1S/C11H17BrN2/c1-3-14(7-6-13)11-5-4-9(2)8-10(11)12/h4-5,8H,3,6-7,13H2,1-2H3. The molecule has 0 aliphatic rings. The van der Waals surface area contributed by atoms with Gasteiger partial charge < -0.3 is 10.6 Å². The fourth-order valence-electron chi connectivity index (χ4n) is 1.47. The first-order valence-electron chi connectivity index (χ1n) is 4.90. The fourth-order valence-corrected chi connectivity index (χ4v) is 2.22. The van der Waals surface area contributed by atoms with Gasteiger partial charge in [-0.25, -0.2) is 0 Å². The van der Waals surface area contributed by atoms with E-state index in [1.165, 1.54) is 11.3 Å². The van der Waals surface area contributed by atoms with Crippen LogP contribution in [0.25, 0.3) is 0 Å². The Balaban J connectivity index is 2.92. The van der Waals surface area contributed by atoms with Gasteiger partial charge in [0.1, 0.15) is 0 Å². The van der Waals surface area contributed by atoms with Crippen LogP contribution in [0.1, 0.15) is 12.5 Å². The van der Waals surface area contributed by atoms with Crippen molar-refractivity contribution in [2.24, 2.45) is 5.73 Å². The number of rotatable bonds is 4. The third-order valence-corrected chi connectivity index (χ3v) is 2.86. The van der Waals surface area contributed by atoms with Gasteiger partial charge in [-0.15, -0.1) is 0 Å². The second kappa shape index (κ2) is 5.37. The molecule has 2 nitrogen and oxygen atoms in total. The maximum atomic E-state index is 5.57. The zero-order valence-electron chi connectivity index (χ0n) is 8.76. The average Bonchev–Trinajstić information content (AvgIpc) is 2.15. The van der Waals surface area contributed by atoms with Crippen molar-refractivity contribution in [3.05, 3.63) is 28.2 Å². The predicted molar refractivity (Wildman–Crippen MR) is 65.8 cm³/mol. The van der Waals surface area contributed by atoms with Gasteiger partial charge in [-0.05, 0) is 47.5 Å². The molecule has 78 valence electrons. The molecule has 1 aromatic rings. The Bertz CT molecular complexity index is 299. The number of aryl methyl sites for hydroxylation is 1. The van der Waals surface area contributed by atoms with Crippen molar-refractivity contribution in [2.45, 2.75) is 13.8 Å². The van der Waals surface area contributed by atoms with Gasteiger partial charge in [0.2, 0.25) is 0 Å². The van der Waals surface area contributed by atoms with Crippen LogP contribution in [0.5, 0.6) is 0 Å². The molecule has 0 spiro atoms. The third-order valence-electron chi connectivity index (χ3n) is 2.22. The van der Waals surface area contributed by atoms with Crippen molar-refractivity contribution in [1.29, 1.82) is 0 Å². The Morgan fingerprint density at radius 3 is 2.64 bits per heavy atom. The van der Waals surface area contributed by atoms with Gasteiger partial charge in [0.05, 0.1) is 5.69 Å². The average molecular weight is 257 g/mol. The summed E-state index contributed by atoms with van der Waals surface area (Å²) in [4.78, 5) is 2.27. The molecule has 0 unspecified atom stereocenters. The minimum Gasteiger partial charge on any atom is -0.370 e. The first kappa shape index (κ1) is 11.5. The molecule has 2 N–H and O–H groups in total. The molecule has 0 aliphatic carbocycles. The lowest BCUT2D eigenvalue weighted by Gasteiger charge is -2.23. The van der Waals surface area contributed by atoms with E-state index in [9.17, 15) is 0 Å². The molecule has 0 atom stereocenters. The summed E-state index contributed by atoms with van der Waals surface area (Å²) in [5.74, 6) is 0. The van der Waals surface area contributed by atoms with Crippen molar-refractivity contribution in [2.75, 3.05) is 24.5 Å².